The summed E-state index contributed by atoms with van der Waals surface area (Å²) in [5, 5.41) is 9.35. The average molecular weight is 302 g/mol. The normalized spacial score (nSPS) is 13.9. The molecule has 1 heterocycles. The fourth-order valence-electron chi connectivity index (χ4n) is 2.31. The van der Waals surface area contributed by atoms with Gasteiger partial charge in [0.25, 0.3) is 0 Å². The molecule has 0 aliphatic heterocycles. The second-order valence-electron chi connectivity index (χ2n) is 4.98. The highest BCUT2D eigenvalue weighted by atomic mass is 32.2. The molecule has 1 atom stereocenters. The number of hydrogen-bond donors (Lipinski definition) is 1. The molecule has 0 aliphatic carbocycles. The van der Waals surface area contributed by atoms with Crippen LogP contribution in [0.1, 0.15) is 46.2 Å². The number of rotatable bonds is 8. The Kier molecular flexibility index (Phi) is 6.23. The summed E-state index contributed by atoms with van der Waals surface area (Å²) in [5.74, 6) is 0. The molecule has 0 spiro atoms. The summed E-state index contributed by atoms with van der Waals surface area (Å²) in [6, 6.07) is 1.55. The SMILES string of the molecule is CCCn1cc(S(=O)(=O)N(CC)C(C)CC)cc1CO. The lowest BCUT2D eigenvalue weighted by Crippen LogP contribution is -2.37. The van der Waals surface area contributed by atoms with E-state index in [2.05, 4.69) is 0 Å². The first-order valence-electron chi connectivity index (χ1n) is 7.24. The minimum atomic E-state index is -3.49. The quantitative estimate of drug-likeness (QED) is 0.801. The zero-order valence-corrected chi connectivity index (χ0v) is 13.7. The molecule has 1 aromatic rings. The molecule has 5 nitrogen and oxygen atoms in total. The van der Waals surface area contributed by atoms with Gasteiger partial charge in [0.15, 0.2) is 0 Å². The molecule has 1 unspecified atom stereocenters. The maximum Gasteiger partial charge on any atom is 0.244 e. The molecule has 0 saturated carbocycles. The molecular weight excluding hydrogens is 276 g/mol. The van der Waals surface area contributed by atoms with Crippen molar-refractivity contribution in [3.8, 4) is 0 Å². The highest BCUT2D eigenvalue weighted by Gasteiger charge is 2.28. The molecule has 1 aromatic heterocycles. The number of aryl methyl sites for hydroxylation is 1. The van der Waals surface area contributed by atoms with Crippen LogP contribution < -0.4 is 0 Å². The summed E-state index contributed by atoms with van der Waals surface area (Å²) in [4.78, 5) is 0.275. The van der Waals surface area contributed by atoms with Gasteiger partial charge in [-0.05, 0) is 25.8 Å². The second-order valence-corrected chi connectivity index (χ2v) is 6.87. The predicted molar refractivity (Wildman–Crippen MR) is 80.0 cm³/mol. The van der Waals surface area contributed by atoms with Crippen molar-refractivity contribution >= 4 is 10.0 Å². The smallest absolute Gasteiger partial charge is 0.244 e. The number of aliphatic hydroxyl groups excluding tert-OH is 1. The summed E-state index contributed by atoms with van der Waals surface area (Å²) in [6.45, 7) is 8.77. The molecule has 6 heteroatoms. The lowest BCUT2D eigenvalue weighted by Gasteiger charge is -2.25. The van der Waals surface area contributed by atoms with Crippen LogP contribution in [0.3, 0.4) is 0 Å². The van der Waals surface area contributed by atoms with E-state index in [1.165, 1.54) is 4.31 Å². The van der Waals surface area contributed by atoms with Gasteiger partial charge in [-0.3, -0.25) is 0 Å². The van der Waals surface area contributed by atoms with Crippen molar-refractivity contribution in [2.45, 2.75) is 64.6 Å². The van der Waals surface area contributed by atoms with Crippen molar-refractivity contribution in [1.29, 1.82) is 0 Å². The molecule has 20 heavy (non-hydrogen) atoms. The van der Waals surface area contributed by atoms with E-state index in [0.717, 1.165) is 12.8 Å². The van der Waals surface area contributed by atoms with Crippen LogP contribution >= 0.6 is 0 Å². The van der Waals surface area contributed by atoms with Crippen LogP contribution in [0.15, 0.2) is 17.2 Å². The van der Waals surface area contributed by atoms with Crippen molar-refractivity contribution in [3.05, 3.63) is 18.0 Å². The standard InChI is InChI=1S/C14H26N2O3S/c1-5-8-15-10-14(9-13(15)11-17)20(18,19)16(7-3)12(4)6-2/h9-10,12,17H,5-8,11H2,1-4H3. The van der Waals surface area contributed by atoms with E-state index in [-0.39, 0.29) is 17.5 Å². The third-order valence-corrected chi connectivity index (χ3v) is 5.64. The first-order chi connectivity index (χ1) is 9.42. The van der Waals surface area contributed by atoms with Gasteiger partial charge in [0, 0.05) is 31.0 Å². The van der Waals surface area contributed by atoms with Crippen LogP contribution in [0.2, 0.25) is 0 Å². The summed E-state index contributed by atoms with van der Waals surface area (Å²) in [5.41, 5.74) is 0.644. The molecular formula is C14H26N2O3S. The molecule has 0 saturated heterocycles. The number of nitrogens with zero attached hydrogens (tertiary/aromatic N) is 2. The van der Waals surface area contributed by atoms with E-state index >= 15 is 0 Å². The third-order valence-electron chi connectivity index (χ3n) is 3.59. The zero-order valence-electron chi connectivity index (χ0n) is 12.8. The van der Waals surface area contributed by atoms with E-state index in [1.54, 1.807) is 12.3 Å². The van der Waals surface area contributed by atoms with Gasteiger partial charge in [-0.25, -0.2) is 8.42 Å². The second kappa shape index (κ2) is 7.24. The van der Waals surface area contributed by atoms with E-state index in [1.807, 2.05) is 32.3 Å². The fourth-order valence-corrected chi connectivity index (χ4v) is 4.08. The molecule has 1 N–H and O–H groups in total. The third kappa shape index (κ3) is 3.42. The van der Waals surface area contributed by atoms with E-state index in [9.17, 15) is 13.5 Å². The van der Waals surface area contributed by atoms with Crippen LogP contribution in [-0.2, 0) is 23.2 Å². The van der Waals surface area contributed by atoms with Crippen molar-refractivity contribution in [3.63, 3.8) is 0 Å². The predicted octanol–water partition coefficient (Wildman–Crippen LogP) is 2.20. The summed E-state index contributed by atoms with van der Waals surface area (Å²) in [6.07, 6.45) is 3.30. The van der Waals surface area contributed by atoms with Crippen LogP contribution in [0, 0.1) is 0 Å². The number of hydrogen-bond acceptors (Lipinski definition) is 3. The summed E-state index contributed by atoms with van der Waals surface area (Å²) < 4.78 is 28.7. The van der Waals surface area contributed by atoms with E-state index in [0.29, 0.717) is 18.8 Å². The van der Waals surface area contributed by atoms with E-state index < -0.39 is 10.0 Å². The summed E-state index contributed by atoms with van der Waals surface area (Å²) in [7, 11) is -3.49. The minimum absolute atomic E-state index is 0.0305. The molecule has 0 bridgehead atoms. The van der Waals surface area contributed by atoms with Crippen molar-refractivity contribution in [1.82, 2.24) is 8.87 Å². The molecule has 1 rings (SSSR count). The van der Waals surface area contributed by atoms with Gasteiger partial charge in [-0.1, -0.05) is 20.8 Å². The Morgan fingerprint density at radius 1 is 1.35 bits per heavy atom. The Morgan fingerprint density at radius 3 is 2.45 bits per heavy atom. The first-order valence-corrected chi connectivity index (χ1v) is 8.68. The molecule has 0 amide bonds. The van der Waals surface area contributed by atoms with E-state index in [4.69, 9.17) is 0 Å². The zero-order chi connectivity index (χ0) is 15.3. The first kappa shape index (κ1) is 17.2. The lowest BCUT2D eigenvalue weighted by atomic mass is 10.3. The molecule has 0 radical (unpaired) electrons. The fraction of sp³-hybridized carbons (Fsp3) is 0.714. The van der Waals surface area contributed by atoms with Gasteiger partial charge >= 0.3 is 0 Å². The Morgan fingerprint density at radius 2 is 2.00 bits per heavy atom. The summed E-state index contributed by atoms with van der Waals surface area (Å²) >= 11 is 0. The number of aromatic nitrogens is 1. The number of aliphatic hydroxyl groups is 1. The van der Waals surface area contributed by atoms with Gasteiger partial charge in [0.05, 0.1) is 6.61 Å². The van der Waals surface area contributed by atoms with Gasteiger partial charge in [0.1, 0.15) is 4.90 Å². The van der Waals surface area contributed by atoms with Gasteiger partial charge < -0.3 is 9.67 Å². The molecule has 116 valence electrons. The Labute approximate surface area is 122 Å². The maximum atomic E-state index is 12.7. The monoisotopic (exact) mass is 302 g/mol. The molecule has 0 aliphatic rings. The highest BCUT2D eigenvalue weighted by Crippen LogP contribution is 2.22. The number of sulfonamides is 1. The lowest BCUT2D eigenvalue weighted by molar-refractivity contribution is 0.270. The van der Waals surface area contributed by atoms with Crippen LogP contribution in [0.5, 0.6) is 0 Å². The van der Waals surface area contributed by atoms with Crippen molar-refractivity contribution in [2.75, 3.05) is 6.54 Å². The topological polar surface area (TPSA) is 62.5 Å². The Balaban J connectivity index is 3.20. The van der Waals surface area contributed by atoms with Crippen molar-refractivity contribution in [2.24, 2.45) is 0 Å². The largest absolute Gasteiger partial charge is 0.390 e. The van der Waals surface area contributed by atoms with Crippen LogP contribution in [-0.4, -0.2) is 35.0 Å². The van der Waals surface area contributed by atoms with Crippen molar-refractivity contribution < 1.29 is 13.5 Å². The maximum absolute atomic E-state index is 12.7. The molecule has 0 aromatic carbocycles. The average Bonchev–Trinajstić information content (AvgIpc) is 2.83. The minimum Gasteiger partial charge on any atom is -0.390 e. The Bertz CT molecular complexity index is 523. The van der Waals surface area contributed by atoms with Gasteiger partial charge in [-0.2, -0.15) is 4.31 Å². The van der Waals surface area contributed by atoms with Gasteiger partial charge in [0.2, 0.25) is 10.0 Å². The van der Waals surface area contributed by atoms with Crippen LogP contribution in [0.25, 0.3) is 0 Å². The molecule has 0 fully saturated rings. The van der Waals surface area contributed by atoms with Crippen LogP contribution in [0.4, 0.5) is 0 Å². The van der Waals surface area contributed by atoms with Gasteiger partial charge in [-0.15, -0.1) is 0 Å². The Hall–Kier alpha value is -0.850. The highest BCUT2D eigenvalue weighted by molar-refractivity contribution is 7.89.